The quantitative estimate of drug-likeness (QED) is 0.668. The molecule has 2 aromatic heterocycles. The zero-order valence-electron chi connectivity index (χ0n) is 15.4. The van der Waals surface area contributed by atoms with Gasteiger partial charge in [-0.1, -0.05) is 19.0 Å². The Hall–Kier alpha value is -3.03. The Kier molecular flexibility index (Phi) is 4.83. The molecule has 2 heterocycles. The van der Waals surface area contributed by atoms with Crippen molar-refractivity contribution in [1.82, 2.24) is 14.7 Å². The Morgan fingerprint density at radius 3 is 2.42 bits per heavy atom. The first kappa shape index (κ1) is 17.8. The van der Waals surface area contributed by atoms with Gasteiger partial charge in [0.05, 0.1) is 39.6 Å². The highest BCUT2D eigenvalue weighted by Crippen LogP contribution is 2.41. The SMILES string of the molecule is COc1cc2c(=O)n(Cc3cc(C(C)C)on3)cnc2c(OC)c1OC. The van der Waals surface area contributed by atoms with Crippen LogP contribution in [0.25, 0.3) is 10.9 Å². The zero-order valence-corrected chi connectivity index (χ0v) is 15.4. The number of nitrogens with zero attached hydrogens (tertiary/aromatic N) is 3. The van der Waals surface area contributed by atoms with E-state index in [-0.39, 0.29) is 18.0 Å². The van der Waals surface area contributed by atoms with Crippen molar-refractivity contribution in [3.8, 4) is 17.2 Å². The van der Waals surface area contributed by atoms with E-state index < -0.39 is 0 Å². The number of aromatic nitrogens is 3. The molecule has 0 unspecified atom stereocenters. The minimum Gasteiger partial charge on any atom is -0.493 e. The van der Waals surface area contributed by atoms with Gasteiger partial charge in [-0.25, -0.2) is 4.98 Å². The van der Waals surface area contributed by atoms with Crippen LogP contribution < -0.4 is 19.8 Å². The molecule has 1 aromatic carbocycles. The van der Waals surface area contributed by atoms with Gasteiger partial charge in [0.1, 0.15) is 17.0 Å². The van der Waals surface area contributed by atoms with Gasteiger partial charge in [0.15, 0.2) is 11.5 Å². The van der Waals surface area contributed by atoms with Gasteiger partial charge in [-0.2, -0.15) is 0 Å². The molecule has 0 saturated carbocycles. The van der Waals surface area contributed by atoms with Gasteiger partial charge in [0, 0.05) is 12.0 Å². The van der Waals surface area contributed by atoms with Gasteiger partial charge in [0.2, 0.25) is 5.75 Å². The molecule has 0 aliphatic rings. The number of rotatable bonds is 6. The fourth-order valence-electron chi connectivity index (χ4n) is 2.73. The molecule has 0 N–H and O–H groups in total. The van der Waals surface area contributed by atoms with Crippen LogP contribution in [0.1, 0.15) is 31.2 Å². The molecule has 0 saturated heterocycles. The minimum absolute atomic E-state index is 0.226. The van der Waals surface area contributed by atoms with Gasteiger partial charge >= 0.3 is 0 Å². The smallest absolute Gasteiger partial charge is 0.261 e. The molecule has 0 radical (unpaired) electrons. The lowest BCUT2D eigenvalue weighted by molar-refractivity contribution is 0.326. The van der Waals surface area contributed by atoms with E-state index in [0.29, 0.717) is 33.8 Å². The summed E-state index contributed by atoms with van der Waals surface area (Å²) in [5.74, 6) is 2.15. The normalized spacial score (nSPS) is 11.2. The Balaban J connectivity index is 2.11. The van der Waals surface area contributed by atoms with Gasteiger partial charge in [-0.15, -0.1) is 0 Å². The number of ether oxygens (including phenoxy) is 3. The molecular formula is C18H21N3O5. The molecule has 8 nitrogen and oxygen atoms in total. The summed E-state index contributed by atoms with van der Waals surface area (Å²) in [6.07, 6.45) is 1.46. The summed E-state index contributed by atoms with van der Waals surface area (Å²) in [7, 11) is 4.50. The molecule has 138 valence electrons. The molecule has 0 bridgehead atoms. The van der Waals surface area contributed by atoms with Crippen LogP contribution in [-0.4, -0.2) is 36.0 Å². The first-order valence-corrected chi connectivity index (χ1v) is 8.13. The van der Waals surface area contributed by atoms with E-state index in [1.165, 1.54) is 32.2 Å². The Labute approximate surface area is 150 Å². The second-order valence-electron chi connectivity index (χ2n) is 6.09. The number of methoxy groups -OCH3 is 3. The van der Waals surface area contributed by atoms with E-state index in [1.54, 1.807) is 6.07 Å². The van der Waals surface area contributed by atoms with Crippen LogP contribution in [0.4, 0.5) is 0 Å². The lowest BCUT2D eigenvalue weighted by Crippen LogP contribution is -2.21. The maximum absolute atomic E-state index is 12.9. The summed E-state index contributed by atoms with van der Waals surface area (Å²) < 4.78 is 22.8. The summed E-state index contributed by atoms with van der Waals surface area (Å²) in [6, 6.07) is 3.45. The third-order valence-electron chi connectivity index (χ3n) is 4.10. The summed E-state index contributed by atoms with van der Waals surface area (Å²) in [5, 5.41) is 4.39. The standard InChI is InChI=1S/C18H21N3O5/c1-10(2)13-6-11(20-26-13)8-21-9-19-15-12(18(21)22)7-14(23-3)16(24-4)17(15)25-5/h6-7,9-10H,8H2,1-5H3. The maximum atomic E-state index is 12.9. The van der Waals surface area contributed by atoms with Crippen molar-refractivity contribution in [3.05, 3.63) is 40.3 Å². The van der Waals surface area contributed by atoms with Crippen LogP contribution in [0.2, 0.25) is 0 Å². The van der Waals surface area contributed by atoms with Crippen LogP contribution in [0, 0.1) is 0 Å². The number of fused-ring (bicyclic) bond motifs is 1. The summed E-state index contributed by atoms with van der Waals surface area (Å²) in [5.41, 5.74) is 0.835. The van der Waals surface area contributed by atoms with E-state index in [4.69, 9.17) is 18.7 Å². The molecule has 26 heavy (non-hydrogen) atoms. The van der Waals surface area contributed by atoms with Gasteiger partial charge in [0.25, 0.3) is 5.56 Å². The Morgan fingerprint density at radius 1 is 1.12 bits per heavy atom. The van der Waals surface area contributed by atoms with Gasteiger partial charge in [-0.3, -0.25) is 9.36 Å². The monoisotopic (exact) mass is 359 g/mol. The highest BCUT2D eigenvalue weighted by Gasteiger charge is 2.20. The van der Waals surface area contributed by atoms with Crippen molar-refractivity contribution in [2.75, 3.05) is 21.3 Å². The number of hydrogen-bond donors (Lipinski definition) is 0. The number of hydrogen-bond acceptors (Lipinski definition) is 7. The molecule has 3 aromatic rings. The summed E-state index contributed by atoms with van der Waals surface area (Å²) in [6.45, 7) is 4.29. The molecule has 8 heteroatoms. The average molecular weight is 359 g/mol. The largest absolute Gasteiger partial charge is 0.493 e. The summed E-state index contributed by atoms with van der Waals surface area (Å²) in [4.78, 5) is 17.3. The lowest BCUT2D eigenvalue weighted by Gasteiger charge is -2.14. The van der Waals surface area contributed by atoms with Crippen molar-refractivity contribution >= 4 is 10.9 Å². The second-order valence-corrected chi connectivity index (χ2v) is 6.09. The van der Waals surface area contributed by atoms with E-state index in [9.17, 15) is 4.79 Å². The highest BCUT2D eigenvalue weighted by atomic mass is 16.5. The van der Waals surface area contributed by atoms with Crippen molar-refractivity contribution in [3.63, 3.8) is 0 Å². The molecule has 0 aliphatic heterocycles. The highest BCUT2D eigenvalue weighted by molar-refractivity contribution is 5.89. The fraction of sp³-hybridized carbons (Fsp3) is 0.389. The van der Waals surface area contributed by atoms with Crippen LogP contribution in [0.5, 0.6) is 17.2 Å². The van der Waals surface area contributed by atoms with Crippen molar-refractivity contribution < 1.29 is 18.7 Å². The number of benzene rings is 1. The fourth-order valence-corrected chi connectivity index (χ4v) is 2.73. The third-order valence-corrected chi connectivity index (χ3v) is 4.10. The maximum Gasteiger partial charge on any atom is 0.261 e. The van der Waals surface area contributed by atoms with Crippen LogP contribution in [0.3, 0.4) is 0 Å². The average Bonchev–Trinajstić information content (AvgIpc) is 3.11. The van der Waals surface area contributed by atoms with Crippen LogP contribution in [0.15, 0.2) is 27.8 Å². The van der Waals surface area contributed by atoms with E-state index in [0.717, 1.165) is 5.76 Å². The molecule has 0 amide bonds. The topological polar surface area (TPSA) is 88.6 Å². The molecule has 3 rings (SSSR count). The molecule has 0 spiro atoms. The van der Waals surface area contributed by atoms with E-state index in [1.807, 2.05) is 19.9 Å². The van der Waals surface area contributed by atoms with Gasteiger partial charge < -0.3 is 18.7 Å². The third kappa shape index (κ3) is 2.98. The van der Waals surface area contributed by atoms with Crippen molar-refractivity contribution in [2.24, 2.45) is 0 Å². The van der Waals surface area contributed by atoms with Crippen LogP contribution >= 0.6 is 0 Å². The van der Waals surface area contributed by atoms with Crippen LogP contribution in [-0.2, 0) is 6.54 Å². The molecule has 0 aliphatic carbocycles. The van der Waals surface area contributed by atoms with E-state index >= 15 is 0 Å². The first-order valence-electron chi connectivity index (χ1n) is 8.13. The van der Waals surface area contributed by atoms with Crippen molar-refractivity contribution in [1.29, 1.82) is 0 Å². The zero-order chi connectivity index (χ0) is 18.8. The predicted molar refractivity (Wildman–Crippen MR) is 95.4 cm³/mol. The molecule has 0 fully saturated rings. The summed E-state index contributed by atoms with van der Waals surface area (Å²) >= 11 is 0. The van der Waals surface area contributed by atoms with Crippen molar-refractivity contribution in [2.45, 2.75) is 26.3 Å². The minimum atomic E-state index is -0.233. The predicted octanol–water partition coefficient (Wildman–Crippen LogP) is 2.58. The Bertz CT molecular complexity index is 990. The lowest BCUT2D eigenvalue weighted by atomic mass is 10.1. The molecular weight excluding hydrogens is 338 g/mol. The Morgan fingerprint density at radius 2 is 1.85 bits per heavy atom. The van der Waals surface area contributed by atoms with Gasteiger partial charge in [-0.05, 0) is 6.07 Å². The first-order chi connectivity index (χ1) is 12.5. The van der Waals surface area contributed by atoms with E-state index in [2.05, 4.69) is 10.1 Å². The second kappa shape index (κ2) is 7.07. The molecule has 0 atom stereocenters.